The number of ketones is 1. The van der Waals surface area contributed by atoms with Crippen LogP contribution in [0.5, 0.6) is 0 Å². The zero-order chi connectivity index (χ0) is 42.7. The number of carbonyl (C=O) groups excluding carboxylic acids is 7. The van der Waals surface area contributed by atoms with Crippen LogP contribution in [0, 0.1) is 0 Å². The van der Waals surface area contributed by atoms with Gasteiger partial charge in [0.15, 0.2) is 0 Å². The standard InChI is InChI=1S/C22H40N4O6Si.C8H22N2Si.C6H7NO4/c1-17(2)19(27)31-13-11-25-21(29)23-9-7-15-33(5,6)16-8-10-24-22(30)26-12-14-32-20(28)18(3)4;1-11(2,7-3-5-9)8-4-6-10;1-5(9)6(10)11-3-2-7-4-8/h1,3,7-16H2,2,4-6H3,(H2,23,25,29)(H2,24,26,30);3-10H2,1-2H3;2-3H2,1H3. The molecule has 0 saturated carbocycles. The number of nitrogens with one attached hydrogen (secondary N) is 4. The number of amides is 4. The Kier molecular flexibility index (Phi) is 34.4. The van der Waals surface area contributed by atoms with Crippen molar-refractivity contribution in [3.63, 3.8) is 0 Å². The molecule has 316 valence electrons. The van der Waals surface area contributed by atoms with Crippen LogP contribution in [-0.2, 0) is 38.2 Å². The summed E-state index contributed by atoms with van der Waals surface area (Å²) >= 11 is 0. The molecule has 0 aliphatic carbocycles. The maximum absolute atomic E-state index is 11.7. The number of aliphatic imine (C=N–C) groups is 1. The Bertz CT molecular complexity index is 1180. The summed E-state index contributed by atoms with van der Waals surface area (Å²) in [5.74, 6) is -2.52. The fourth-order valence-electron chi connectivity index (χ4n) is 4.27. The van der Waals surface area contributed by atoms with Crippen molar-refractivity contribution in [3.05, 3.63) is 24.3 Å². The van der Waals surface area contributed by atoms with Crippen LogP contribution in [0.25, 0.3) is 0 Å². The van der Waals surface area contributed by atoms with E-state index >= 15 is 0 Å². The highest BCUT2D eigenvalue weighted by molar-refractivity contribution is 6.77. The molecule has 55 heavy (non-hydrogen) atoms. The Balaban J connectivity index is -0.000000993. The lowest BCUT2D eigenvalue weighted by Gasteiger charge is -2.22. The third-order valence-electron chi connectivity index (χ3n) is 7.47. The second kappa shape index (κ2) is 34.3. The molecule has 0 spiro atoms. The lowest BCUT2D eigenvalue weighted by atomic mass is 10.4. The van der Waals surface area contributed by atoms with Crippen molar-refractivity contribution in [1.29, 1.82) is 0 Å². The van der Waals surface area contributed by atoms with E-state index in [9.17, 15) is 33.6 Å². The van der Waals surface area contributed by atoms with Gasteiger partial charge in [-0.15, -0.1) is 0 Å². The van der Waals surface area contributed by atoms with Crippen LogP contribution in [-0.4, -0.2) is 124 Å². The Morgan fingerprint density at radius 2 is 0.927 bits per heavy atom. The normalized spacial score (nSPS) is 10.3. The van der Waals surface area contributed by atoms with Gasteiger partial charge in [-0.2, -0.15) is 0 Å². The molecule has 0 saturated heterocycles. The van der Waals surface area contributed by atoms with Gasteiger partial charge in [0, 0.05) is 47.3 Å². The van der Waals surface area contributed by atoms with E-state index in [-0.39, 0.29) is 51.5 Å². The van der Waals surface area contributed by atoms with Crippen LogP contribution in [0.4, 0.5) is 9.59 Å². The first-order chi connectivity index (χ1) is 25.7. The number of nitrogens with zero attached hydrogens (tertiary/aromatic N) is 1. The fourth-order valence-corrected chi connectivity index (χ4v) is 9.36. The molecule has 0 atom stereocenters. The zero-order valence-corrected chi connectivity index (χ0v) is 36.3. The lowest BCUT2D eigenvalue weighted by Crippen LogP contribution is -2.39. The van der Waals surface area contributed by atoms with Crippen LogP contribution < -0.4 is 32.7 Å². The molecule has 0 aliphatic rings. The van der Waals surface area contributed by atoms with E-state index in [1.54, 1.807) is 13.8 Å². The Labute approximate surface area is 329 Å². The summed E-state index contributed by atoms with van der Waals surface area (Å²) < 4.78 is 14.1. The summed E-state index contributed by atoms with van der Waals surface area (Å²) in [7, 11) is -2.34. The van der Waals surface area contributed by atoms with Crippen LogP contribution in [0.3, 0.4) is 0 Å². The van der Waals surface area contributed by atoms with E-state index in [4.69, 9.17) is 20.9 Å². The van der Waals surface area contributed by atoms with Crippen molar-refractivity contribution in [2.75, 3.05) is 65.6 Å². The second-order valence-corrected chi connectivity index (χ2v) is 24.8. The third-order valence-corrected chi connectivity index (χ3v) is 14.3. The van der Waals surface area contributed by atoms with Crippen molar-refractivity contribution >= 4 is 58.0 Å². The van der Waals surface area contributed by atoms with Crippen molar-refractivity contribution in [1.82, 2.24) is 21.3 Å². The molecule has 8 N–H and O–H groups in total. The van der Waals surface area contributed by atoms with Crippen LogP contribution in [0.1, 0.15) is 46.5 Å². The number of nitrogens with two attached hydrogens (primary N) is 2. The van der Waals surface area contributed by atoms with Gasteiger partial charge in [0.05, 0.1) is 19.6 Å². The molecule has 0 rings (SSSR count). The number of rotatable bonds is 26. The van der Waals surface area contributed by atoms with Crippen molar-refractivity contribution < 1.29 is 47.8 Å². The Morgan fingerprint density at radius 3 is 1.25 bits per heavy atom. The zero-order valence-electron chi connectivity index (χ0n) is 34.3. The molecule has 0 aliphatic heterocycles. The number of hydrogen-bond acceptors (Lipinski definition) is 13. The highest BCUT2D eigenvalue weighted by Crippen LogP contribution is 2.19. The largest absolute Gasteiger partial charge is 0.460 e. The highest BCUT2D eigenvalue weighted by atomic mass is 28.3. The number of carbonyl (C=O) groups is 6. The van der Waals surface area contributed by atoms with Crippen LogP contribution in [0.2, 0.25) is 50.4 Å². The average molecular weight is 816 g/mol. The van der Waals surface area contributed by atoms with E-state index in [0.717, 1.165) is 44.9 Å². The number of esters is 3. The average Bonchev–Trinajstić information content (AvgIpc) is 3.12. The van der Waals surface area contributed by atoms with E-state index in [1.165, 1.54) is 31.0 Å². The van der Waals surface area contributed by atoms with Crippen molar-refractivity contribution in [2.45, 2.75) is 96.8 Å². The van der Waals surface area contributed by atoms with Gasteiger partial charge in [0.1, 0.15) is 19.8 Å². The Hall–Kier alpha value is -4.17. The maximum atomic E-state index is 11.7. The minimum atomic E-state index is -1.43. The van der Waals surface area contributed by atoms with E-state index in [0.29, 0.717) is 24.2 Å². The van der Waals surface area contributed by atoms with Gasteiger partial charge in [-0.25, -0.2) is 33.8 Å². The molecule has 4 amide bonds. The molecular formula is C36H69N7O10Si2. The third kappa shape index (κ3) is 39.3. The molecule has 0 unspecified atom stereocenters. The number of urea groups is 2. The molecule has 0 radical (unpaired) electrons. The fraction of sp³-hybridized carbons (Fsp3) is 0.694. The molecule has 0 bridgehead atoms. The summed E-state index contributed by atoms with van der Waals surface area (Å²) in [6.07, 6.45) is 5.43. The molecule has 17 nitrogen and oxygen atoms in total. The van der Waals surface area contributed by atoms with Gasteiger partial charge in [-0.3, -0.25) is 4.79 Å². The topological polar surface area (TPSA) is 260 Å². The van der Waals surface area contributed by atoms with Gasteiger partial charge >= 0.3 is 30.0 Å². The number of isocyanates is 1. The van der Waals surface area contributed by atoms with Crippen LogP contribution >= 0.6 is 0 Å². The quantitative estimate of drug-likeness (QED) is 0.0108. The van der Waals surface area contributed by atoms with Gasteiger partial charge in [0.2, 0.25) is 11.9 Å². The van der Waals surface area contributed by atoms with Gasteiger partial charge in [-0.1, -0.05) is 63.5 Å². The van der Waals surface area contributed by atoms with E-state index in [1.807, 2.05) is 0 Å². The van der Waals surface area contributed by atoms with Gasteiger partial charge in [0.25, 0.3) is 0 Å². The SMILES string of the molecule is C=C(C)C(=O)OCCNC(=O)NCCC[Si](C)(C)CCCNC(=O)NCCOC(=O)C(=C)C.CC(=O)C(=O)OCCN=C=O.C[Si](C)(CCCN)CCCN. The predicted octanol–water partition coefficient (Wildman–Crippen LogP) is 3.16. The van der Waals surface area contributed by atoms with Gasteiger partial charge < -0.3 is 46.9 Å². The van der Waals surface area contributed by atoms with Crippen molar-refractivity contribution in [3.8, 4) is 0 Å². The van der Waals surface area contributed by atoms with Crippen molar-refractivity contribution in [2.24, 2.45) is 16.5 Å². The monoisotopic (exact) mass is 815 g/mol. The first-order valence-electron chi connectivity index (χ1n) is 18.5. The summed E-state index contributed by atoms with van der Waals surface area (Å²) in [4.78, 5) is 79.1. The molecule has 0 aromatic carbocycles. The summed E-state index contributed by atoms with van der Waals surface area (Å²) in [6, 6.07) is 4.27. The van der Waals surface area contributed by atoms with Crippen LogP contribution in [0.15, 0.2) is 29.3 Å². The number of Topliss-reactive ketones (excluding diaryl/α,β-unsaturated/α-hetero) is 1. The molecular weight excluding hydrogens is 747 g/mol. The molecule has 0 heterocycles. The summed E-state index contributed by atoms with van der Waals surface area (Å²) in [5, 5.41) is 10.9. The first-order valence-corrected chi connectivity index (χ1v) is 25.4. The molecule has 0 aromatic rings. The Morgan fingerprint density at radius 1 is 0.582 bits per heavy atom. The minimum absolute atomic E-state index is 0.0442. The number of ether oxygens (including phenoxy) is 3. The smallest absolute Gasteiger partial charge is 0.374 e. The minimum Gasteiger partial charge on any atom is -0.460 e. The van der Waals surface area contributed by atoms with E-state index < -0.39 is 39.8 Å². The lowest BCUT2D eigenvalue weighted by molar-refractivity contribution is -0.152. The highest BCUT2D eigenvalue weighted by Gasteiger charge is 2.20. The summed E-state index contributed by atoms with van der Waals surface area (Å²) in [6.45, 7) is 24.2. The molecule has 0 fully saturated rings. The van der Waals surface area contributed by atoms with E-state index in [2.05, 4.69) is 70.3 Å². The molecule has 19 heteroatoms. The predicted molar refractivity (Wildman–Crippen MR) is 220 cm³/mol. The number of hydrogen-bond donors (Lipinski definition) is 6. The van der Waals surface area contributed by atoms with Gasteiger partial charge in [-0.05, 0) is 52.6 Å². The second-order valence-electron chi connectivity index (χ2n) is 14.2. The maximum Gasteiger partial charge on any atom is 0.374 e. The molecule has 0 aromatic heterocycles. The first kappa shape index (κ1) is 55.2. The summed E-state index contributed by atoms with van der Waals surface area (Å²) in [5.41, 5.74) is 11.6.